The molecule has 28 heavy (non-hydrogen) atoms. The number of hydrogen-bond donors (Lipinski definition) is 1. The number of anilines is 2. The molecule has 0 fully saturated rings. The molecular formula is C24H28BNO2. The van der Waals surface area contributed by atoms with E-state index in [2.05, 4.69) is 71.7 Å². The molecule has 1 N–H and O–H groups in total. The lowest BCUT2D eigenvalue weighted by atomic mass is 9.80. The van der Waals surface area contributed by atoms with Gasteiger partial charge < -0.3 is 14.7 Å². The Kier molecular flexibility index (Phi) is 4.72. The molecule has 2 aliphatic rings. The van der Waals surface area contributed by atoms with Gasteiger partial charge in [0.2, 0.25) is 0 Å². The van der Waals surface area contributed by atoms with E-state index in [1.807, 2.05) is 13.8 Å². The fourth-order valence-electron chi connectivity index (χ4n) is 3.76. The first kappa shape index (κ1) is 19.0. The van der Waals surface area contributed by atoms with E-state index in [0.29, 0.717) is 13.4 Å². The summed E-state index contributed by atoms with van der Waals surface area (Å²) in [5.41, 5.74) is 4.73. The molecule has 0 bridgehead atoms. The molecule has 4 rings (SSSR count). The van der Waals surface area contributed by atoms with E-state index in [1.165, 1.54) is 22.6 Å². The summed E-state index contributed by atoms with van der Waals surface area (Å²) in [6.07, 6.45) is 7.65. The van der Waals surface area contributed by atoms with Gasteiger partial charge in [0.15, 0.2) is 0 Å². The van der Waals surface area contributed by atoms with Crippen molar-refractivity contribution in [1.29, 1.82) is 0 Å². The van der Waals surface area contributed by atoms with Crippen molar-refractivity contribution in [3.63, 3.8) is 0 Å². The predicted molar refractivity (Wildman–Crippen MR) is 118 cm³/mol. The fourth-order valence-corrected chi connectivity index (χ4v) is 3.76. The van der Waals surface area contributed by atoms with Crippen LogP contribution in [0.5, 0.6) is 0 Å². The minimum absolute atomic E-state index is 0.377. The van der Waals surface area contributed by atoms with E-state index in [1.54, 1.807) is 13.8 Å². The zero-order chi connectivity index (χ0) is 19.9. The Balaban J connectivity index is 1.66. The minimum Gasteiger partial charge on any atom is -0.427 e. The van der Waals surface area contributed by atoms with E-state index in [9.17, 15) is 5.11 Å². The number of allylic oxidation sites excluding steroid dienone is 4. The Bertz CT molecular complexity index is 925. The van der Waals surface area contributed by atoms with Crippen LogP contribution in [0, 0.1) is 0 Å². The number of rotatable bonds is 5. The minimum atomic E-state index is -0.905. The van der Waals surface area contributed by atoms with Crippen molar-refractivity contribution < 1.29 is 9.76 Å². The number of nitrogens with zero attached hydrogens (tertiary/aromatic N) is 1. The van der Waals surface area contributed by atoms with Gasteiger partial charge in [-0.05, 0) is 64.0 Å². The maximum Gasteiger partial charge on any atom is 0.309 e. The van der Waals surface area contributed by atoms with Crippen LogP contribution in [0.2, 0.25) is 0 Å². The zero-order valence-electron chi connectivity index (χ0n) is 17.1. The summed E-state index contributed by atoms with van der Waals surface area (Å²) in [6, 6.07) is 17.2. The van der Waals surface area contributed by atoms with Gasteiger partial charge in [0.05, 0.1) is 11.2 Å². The van der Waals surface area contributed by atoms with Crippen LogP contribution in [0.25, 0.3) is 0 Å². The molecule has 0 saturated heterocycles. The third-order valence-corrected chi connectivity index (χ3v) is 6.19. The van der Waals surface area contributed by atoms with Crippen molar-refractivity contribution in [2.45, 2.75) is 51.2 Å². The van der Waals surface area contributed by atoms with Gasteiger partial charge in [0, 0.05) is 23.0 Å². The molecule has 0 radical (unpaired) electrons. The Morgan fingerprint density at radius 3 is 2.54 bits per heavy atom. The summed E-state index contributed by atoms with van der Waals surface area (Å²) >= 11 is 0. The van der Waals surface area contributed by atoms with Gasteiger partial charge in [-0.15, -0.1) is 0 Å². The van der Waals surface area contributed by atoms with E-state index < -0.39 is 11.2 Å². The number of fused-ring (bicyclic) bond motifs is 3. The van der Waals surface area contributed by atoms with Crippen LogP contribution in [0.1, 0.15) is 45.6 Å². The molecule has 1 aliphatic carbocycles. The Morgan fingerprint density at radius 1 is 1.07 bits per heavy atom. The van der Waals surface area contributed by atoms with Gasteiger partial charge in [-0.3, -0.25) is 0 Å². The largest absolute Gasteiger partial charge is 0.427 e. The molecule has 2 aromatic carbocycles. The predicted octanol–water partition coefficient (Wildman–Crippen LogP) is 4.31. The van der Waals surface area contributed by atoms with Crippen LogP contribution in [0.4, 0.5) is 11.4 Å². The Morgan fingerprint density at radius 2 is 1.82 bits per heavy atom. The maximum absolute atomic E-state index is 10.3. The van der Waals surface area contributed by atoms with E-state index >= 15 is 0 Å². The lowest BCUT2D eigenvalue weighted by molar-refractivity contribution is -0.0893. The molecule has 1 unspecified atom stereocenters. The molecule has 0 aromatic heterocycles. The Labute approximate surface area is 168 Å². The monoisotopic (exact) mass is 373 g/mol. The average molecular weight is 373 g/mol. The molecule has 0 saturated carbocycles. The van der Waals surface area contributed by atoms with Crippen LogP contribution >= 0.6 is 0 Å². The van der Waals surface area contributed by atoms with Crippen LogP contribution in [0.3, 0.4) is 0 Å². The molecule has 144 valence electrons. The van der Waals surface area contributed by atoms with Gasteiger partial charge in [0.1, 0.15) is 0 Å². The molecule has 0 amide bonds. The summed E-state index contributed by atoms with van der Waals surface area (Å²) in [7, 11) is 0.483. The summed E-state index contributed by atoms with van der Waals surface area (Å²) in [6.45, 7) is 7.45. The van der Waals surface area contributed by atoms with Crippen molar-refractivity contribution >= 4 is 24.3 Å². The highest BCUT2D eigenvalue weighted by atomic mass is 16.5. The van der Waals surface area contributed by atoms with Crippen molar-refractivity contribution in [1.82, 2.24) is 0 Å². The lowest BCUT2D eigenvalue weighted by Crippen LogP contribution is -2.49. The molecule has 2 aromatic rings. The van der Waals surface area contributed by atoms with Crippen molar-refractivity contribution in [3.8, 4) is 0 Å². The first-order valence-electron chi connectivity index (χ1n) is 9.99. The van der Waals surface area contributed by atoms with E-state index in [0.717, 1.165) is 11.9 Å². The lowest BCUT2D eigenvalue weighted by Gasteiger charge is -2.37. The second-order valence-corrected chi connectivity index (χ2v) is 8.73. The SMILES string of the molecule is CC(C)(O)C(C)(C)OBc1ccc2c(c1)C1CC=CC=C1N2c1ccccc1. The Hall–Kier alpha value is -2.30. The molecule has 4 heteroatoms. The number of hydrogen-bond acceptors (Lipinski definition) is 3. The first-order valence-corrected chi connectivity index (χ1v) is 9.99. The molecule has 1 aliphatic heterocycles. The van der Waals surface area contributed by atoms with Gasteiger partial charge in [-0.1, -0.05) is 47.9 Å². The first-order chi connectivity index (χ1) is 13.3. The van der Waals surface area contributed by atoms with Crippen LogP contribution in [-0.2, 0) is 4.65 Å². The summed E-state index contributed by atoms with van der Waals surface area (Å²) in [4.78, 5) is 2.37. The number of benzene rings is 2. The summed E-state index contributed by atoms with van der Waals surface area (Å²) in [5, 5.41) is 10.3. The van der Waals surface area contributed by atoms with Gasteiger partial charge >= 0.3 is 7.48 Å². The van der Waals surface area contributed by atoms with Crippen molar-refractivity contribution in [2.24, 2.45) is 0 Å². The van der Waals surface area contributed by atoms with E-state index in [-0.39, 0.29) is 0 Å². The molecule has 1 atom stereocenters. The maximum atomic E-state index is 10.3. The summed E-state index contributed by atoms with van der Waals surface area (Å²) in [5.74, 6) is 0.377. The second kappa shape index (κ2) is 6.95. The van der Waals surface area contributed by atoms with Crippen LogP contribution in [0.15, 0.2) is 72.5 Å². The van der Waals surface area contributed by atoms with E-state index in [4.69, 9.17) is 4.65 Å². The zero-order valence-corrected chi connectivity index (χ0v) is 17.1. The van der Waals surface area contributed by atoms with Crippen LogP contribution < -0.4 is 10.4 Å². The highest BCUT2D eigenvalue weighted by molar-refractivity contribution is 6.47. The average Bonchev–Trinajstić information content (AvgIpc) is 3.00. The van der Waals surface area contributed by atoms with Gasteiger partial charge in [-0.2, -0.15) is 0 Å². The normalized spacial score (nSPS) is 18.5. The molecule has 0 spiro atoms. The highest BCUT2D eigenvalue weighted by Crippen LogP contribution is 2.49. The quantitative estimate of drug-likeness (QED) is 0.793. The third-order valence-electron chi connectivity index (χ3n) is 6.19. The van der Waals surface area contributed by atoms with Crippen molar-refractivity contribution in [3.05, 3.63) is 78.0 Å². The number of para-hydroxylation sites is 1. The molecule has 3 nitrogen and oxygen atoms in total. The second-order valence-electron chi connectivity index (χ2n) is 8.73. The standard InChI is InChI=1S/C24H28BNO2/c1-23(2,27)24(3,4)28-25-17-14-15-22-20(16-17)19-12-8-9-13-21(19)26(22)18-10-6-5-7-11-18/h5-11,13-16,19,25,27H,12H2,1-4H3. The number of aliphatic hydroxyl groups is 1. The fraction of sp³-hybridized carbons (Fsp3) is 0.333. The van der Waals surface area contributed by atoms with Gasteiger partial charge in [0.25, 0.3) is 0 Å². The van der Waals surface area contributed by atoms with Crippen LogP contribution in [-0.4, -0.2) is 23.8 Å². The molecular weight excluding hydrogens is 345 g/mol. The van der Waals surface area contributed by atoms with Crippen molar-refractivity contribution in [2.75, 3.05) is 4.90 Å². The highest BCUT2D eigenvalue weighted by Gasteiger charge is 2.37. The third kappa shape index (κ3) is 3.32. The summed E-state index contributed by atoms with van der Waals surface area (Å²) < 4.78 is 6.10. The van der Waals surface area contributed by atoms with Gasteiger partial charge in [-0.25, -0.2) is 0 Å². The molecule has 1 heterocycles. The smallest absolute Gasteiger partial charge is 0.309 e. The topological polar surface area (TPSA) is 32.7 Å².